The number of aliphatic imine (C=N–C) groups is 1. The van der Waals surface area contributed by atoms with Crippen molar-refractivity contribution in [2.24, 2.45) is 4.99 Å². The number of thiazole rings is 1. The van der Waals surface area contributed by atoms with Crippen molar-refractivity contribution < 1.29 is 9.47 Å². The number of methoxy groups -OCH3 is 2. The Balaban J connectivity index is 1.94. The van der Waals surface area contributed by atoms with Crippen LogP contribution in [0.2, 0.25) is 0 Å². The molecule has 0 amide bonds. The molecule has 0 spiro atoms. The lowest BCUT2D eigenvalue weighted by Crippen LogP contribution is -2.38. The zero-order valence-electron chi connectivity index (χ0n) is 15.3. The van der Waals surface area contributed by atoms with Crippen molar-refractivity contribution >= 4 is 17.3 Å². The number of aryl methyl sites for hydroxylation is 1. The number of rotatable bonds is 8. The van der Waals surface area contributed by atoms with Gasteiger partial charge in [0, 0.05) is 24.9 Å². The molecule has 0 saturated heterocycles. The highest BCUT2D eigenvalue weighted by atomic mass is 32.1. The summed E-state index contributed by atoms with van der Waals surface area (Å²) >= 11 is 1.68. The molecule has 0 atom stereocenters. The fourth-order valence-corrected chi connectivity index (χ4v) is 2.97. The van der Waals surface area contributed by atoms with Gasteiger partial charge in [0.15, 0.2) is 17.5 Å². The SMILES string of the molecule is CCNC(=NCc1ccc(OC)c(OC)c1)NCCc1csc(C)n1. The molecule has 25 heavy (non-hydrogen) atoms. The predicted molar refractivity (Wildman–Crippen MR) is 103 cm³/mol. The molecular weight excluding hydrogens is 336 g/mol. The van der Waals surface area contributed by atoms with Crippen molar-refractivity contribution in [3.63, 3.8) is 0 Å². The van der Waals surface area contributed by atoms with Crippen molar-refractivity contribution in [2.75, 3.05) is 27.3 Å². The van der Waals surface area contributed by atoms with Gasteiger partial charge in [0.25, 0.3) is 0 Å². The monoisotopic (exact) mass is 362 g/mol. The molecule has 0 unspecified atom stereocenters. The Morgan fingerprint density at radius 2 is 2.00 bits per heavy atom. The normalized spacial score (nSPS) is 11.3. The number of nitrogens with one attached hydrogen (secondary N) is 2. The Bertz CT molecular complexity index is 700. The van der Waals surface area contributed by atoms with Crippen LogP contribution < -0.4 is 20.1 Å². The van der Waals surface area contributed by atoms with E-state index in [1.54, 1.807) is 25.6 Å². The molecule has 0 saturated carbocycles. The van der Waals surface area contributed by atoms with Gasteiger partial charge in [0.2, 0.25) is 0 Å². The number of hydrogen-bond donors (Lipinski definition) is 2. The van der Waals surface area contributed by atoms with Gasteiger partial charge in [0.05, 0.1) is 31.5 Å². The van der Waals surface area contributed by atoms with Crippen LogP contribution in [0.5, 0.6) is 11.5 Å². The highest BCUT2D eigenvalue weighted by Crippen LogP contribution is 2.27. The first-order valence-electron chi connectivity index (χ1n) is 8.30. The third-order valence-electron chi connectivity index (χ3n) is 3.55. The minimum Gasteiger partial charge on any atom is -0.493 e. The molecule has 0 radical (unpaired) electrons. The molecule has 1 aromatic heterocycles. The van der Waals surface area contributed by atoms with Gasteiger partial charge in [-0.2, -0.15) is 0 Å². The summed E-state index contributed by atoms with van der Waals surface area (Å²) in [6.45, 7) is 6.24. The van der Waals surface area contributed by atoms with Crippen molar-refractivity contribution in [3.05, 3.63) is 39.8 Å². The highest BCUT2D eigenvalue weighted by Gasteiger charge is 2.05. The van der Waals surface area contributed by atoms with Gasteiger partial charge in [-0.05, 0) is 31.5 Å². The van der Waals surface area contributed by atoms with Gasteiger partial charge >= 0.3 is 0 Å². The largest absolute Gasteiger partial charge is 0.493 e. The molecule has 7 heteroatoms. The molecule has 0 fully saturated rings. The van der Waals surface area contributed by atoms with Crippen LogP contribution in [0, 0.1) is 6.92 Å². The molecule has 0 bridgehead atoms. The molecular formula is C18H26N4O2S. The van der Waals surface area contributed by atoms with Crippen molar-refractivity contribution in [1.82, 2.24) is 15.6 Å². The maximum atomic E-state index is 5.34. The number of aromatic nitrogens is 1. The fourth-order valence-electron chi connectivity index (χ4n) is 2.32. The first-order valence-corrected chi connectivity index (χ1v) is 9.18. The van der Waals surface area contributed by atoms with Gasteiger partial charge in [-0.25, -0.2) is 9.98 Å². The van der Waals surface area contributed by atoms with Crippen LogP contribution in [0.4, 0.5) is 0 Å². The summed E-state index contributed by atoms with van der Waals surface area (Å²) in [5, 5.41) is 9.81. The maximum Gasteiger partial charge on any atom is 0.191 e. The van der Waals surface area contributed by atoms with E-state index >= 15 is 0 Å². The van der Waals surface area contributed by atoms with Gasteiger partial charge < -0.3 is 20.1 Å². The maximum absolute atomic E-state index is 5.34. The van der Waals surface area contributed by atoms with Crippen LogP contribution in [0.1, 0.15) is 23.2 Å². The van der Waals surface area contributed by atoms with E-state index < -0.39 is 0 Å². The Labute approximate surface area is 153 Å². The van der Waals surface area contributed by atoms with E-state index in [0.29, 0.717) is 12.3 Å². The summed E-state index contributed by atoms with van der Waals surface area (Å²) in [4.78, 5) is 9.11. The highest BCUT2D eigenvalue weighted by molar-refractivity contribution is 7.09. The zero-order chi connectivity index (χ0) is 18.1. The van der Waals surface area contributed by atoms with E-state index in [1.165, 1.54) is 0 Å². The quantitative estimate of drug-likeness (QED) is 0.558. The zero-order valence-corrected chi connectivity index (χ0v) is 16.1. The van der Waals surface area contributed by atoms with E-state index in [4.69, 9.17) is 9.47 Å². The summed E-state index contributed by atoms with van der Waals surface area (Å²) in [7, 11) is 3.27. The standard InChI is InChI=1S/C18H26N4O2S/c1-5-19-18(20-9-8-15-12-25-13(2)22-15)21-11-14-6-7-16(23-3)17(10-14)24-4/h6-7,10,12H,5,8-9,11H2,1-4H3,(H2,19,20,21). The summed E-state index contributed by atoms with van der Waals surface area (Å²) in [5.41, 5.74) is 2.18. The molecule has 0 aliphatic carbocycles. The predicted octanol–water partition coefficient (Wildman–Crippen LogP) is 2.77. The van der Waals surface area contributed by atoms with Crippen LogP contribution in [0.25, 0.3) is 0 Å². The number of nitrogens with zero attached hydrogens (tertiary/aromatic N) is 2. The summed E-state index contributed by atoms with van der Waals surface area (Å²) in [6.07, 6.45) is 0.880. The third-order valence-corrected chi connectivity index (χ3v) is 4.37. The van der Waals surface area contributed by atoms with Gasteiger partial charge in [0.1, 0.15) is 0 Å². The molecule has 1 aromatic carbocycles. The first kappa shape index (κ1) is 19.1. The second kappa shape index (κ2) is 9.88. The van der Waals surface area contributed by atoms with Crippen LogP contribution in [-0.2, 0) is 13.0 Å². The Morgan fingerprint density at radius 1 is 1.20 bits per heavy atom. The number of benzene rings is 1. The molecule has 2 aromatic rings. The van der Waals surface area contributed by atoms with Crippen molar-refractivity contribution in [1.29, 1.82) is 0 Å². The van der Waals surface area contributed by atoms with Gasteiger partial charge in [-0.3, -0.25) is 0 Å². The van der Waals surface area contributed by atoms with Crippen LogP contribution in [0.15, 0.2) is 28.6 Å². The van der Waals surface area contributed by atoms with Crippen molar-refractivity contribution in [3.8, 4) is 11.5 Å². The average molecular weight is 362 g/mol. The van der Waals surface area contributed by atoms with Gasteiger partial charge in [-0.1, -0.05) is 6.07 Å². The van der Waals surface area contributed by atoms with E-state index in [0.717, 1.165) is 47.5 Å². The lowest BCUT2D eigenvalue weighted by molar-refractivity contribution is 0.354. The van der Waals surface area contributed by atoms with Crippen LogP contribution >= 0.6 is 11.3 Å². The van der Waals surface area contributed by atoms with E-state index in [2.05, 4.69) is 32.9 Å². The first-order chi connectivity index (χ1) is 12.2. The van der Waals surface area contributed by atoms with E-state index in [1.807, 2.05) is 25.1 Å². The minimum atomic E-state index is 0.561. The lowest BCUT2D eigenvalue weighted by Gasteiger charge is -2.12. The molecule has 6 nitrogen and oxygen atoms in total. The number of guanidine groups is 1. The molecule has 2 rings (SSSR count). The molecule has 136 valence electrons. The Morgan fingerprint density at radius 3 is 2.64 bits per heavy atom. The molecule has 2 N–H and O–H groups in total. The lowest BCUT2D eigenvalue weighted by atomic mass is 10.2. The Kier molecular flexibility index (Phi) is 7.53. The average Bonchev–Trinajstić information content (AvgIpc) is 3.04. The summed E-state index contributed by atoms with van der Waals surface area (Å²) in [6, 6.07) is 5.84. The molecule has 0 aliphatic rings. The fraction of sp³-hybridized carbons (Fsp3) is 0.444. The molecule has 0 aliphatic heterocycles. The number of hydrogen-bond acceptors (Lipinski definition) is 5. The number of ether oxygens (including phenoxy) is 2. The van der Waals surface area contributed by atoms with Crippen LogP contribution in [-0.4, -0.2) is 38.3 Å². The van der Waals surface area contributed by atoms with E-state index in [-0.39, 0.29) is 0 Å². The van der Waals surface area contributed by atoms with Crippen LogP contribution in [0.3, 0.4) is 0 Å². The second-order valence-corrected chi connectivity index (χ2v) is 6.48. The summed E-state index contributed by atoms with van der Waals surface area (Å²) in [5.74, 6) is 2.23. The second-order valence-electron chi connectivity index (χ2n) is 5.42. The Hall–Kier alpha value is -2.28. The minimum absolute atomic E-state index is 0.561. The molecule has 1 heterocycles. The van der Waals surface area contributed by atoms with Gasteiger partial charge in [-0.15, -0.1) is 11.3 Å². The smallest absolute Gasteiger partial charge is 0.191 e. The third kappa shape index (κ3) is 5.94. The van der Waals surface area contributed by atoms with Crippen molar-refractivity contribution in [2.45, 2.75) is 26.8 Å². The summed E-state index contributed by atoms with van der Waals surface area (Å²) < 4.78 is 10.6. The topological polar surface area (TPSA) is 67.8 Å². The van der Waals surface area contributed by atoms with E-state index in [9.17, 15) is 0 Å².